The number of anilines is 1. The third-order valence-corrected chi connectivity index (χ3v) is 3.09. The maximum Gasteiger partial charge on any atom is 0.337 e. The van der Waals surface area contributed by atoms with Gasteiger partial charge in [-0.3, -0.25) is 9.59 Å². The highest BCUT2D eigenvalue weighted by molar-refractivity contribution is 9.10. The van der Waals surface area contributed by atoms with Crippen molar-refractivity contribution in [1.82, 2.24) is 4.90 Å². The lowest BCUT2D eigenvalue weighted by Crippen LogP contribution is -2.33. The van der Waals surface area contributed by atoms with E-state index in [0.717, 1.165) is 0 Å². The van der Waals surface area contributed by atoms with Crippen molar-refractivity contribution in [2.24, 2.45) is 0 Å². The number of benzene rings is 1. The Balaban J connectivity index is 2.90. The summed E-state index contributed by atoms with van der Waals surface area (Å²) in [6.45, 7) is 1.20. The Kier molecular flexibility index (Phi) is 5.05. The number of para-hydroxylation sites is 1. The summed E-state index contributed by atoms with van der Waals surface area (Å²) >= 11 is 3.18. The minimum absolute atomic E-state index is 0.0202. The fourth-order valence-electron chi connectivity index (χ4n) is 1.34. The number of carboxylic acid groups (broad SMARTS) is 1. The average molecular weight is 329 g/mol. The number of hydrogen-bond acceptors (Lipinski definition) is 3. The standard InChI is InChI=1S/C12H13BrN2O4/c1-7(16)15(2)6-10(17)14-11-8(12(18)19)4-3-5-9(11)13/h3-5H,6H2,1-2H3,(H,14,17)(H,18,19). The highest BCUT2D eigenvalue weighted by Crippen LogP contribution is 2.26. The van der Waals surface area contributed by atoms with Crippen LogP contribution in [0.1, 0.15) is 17.3 Å². The molecule has 1 rings (SSSR count). The number of carbonyl (C=O) groups excluding carboxylic acids is 2. The van der Waals surface area contributed by atoms with Crippen LogP contribution in [0.5, 0.6) is 0 Å². The monoisotopic (exact) mass is 328 g/mol. The smallest absolute Gasteiger partial charge is 0.337 e. The maximum absolute atomic E-state index is 11.7. The molecule has 2 N–H and O–H groups in total. The summed E-state index contributed by atoms with van der Waals surface area (Å²) in [5, 5.41) is 11.5. The largest absolute Gasteiger partial charge is 0.478 e. The quantitative estimate of drug-likeness (QED) is 0.878. The molecule has 19 heavy (non-hydrogen) atoms. The summed E-state index contributed by atoms with van der Waals surface area (Å²) in [7, 11) is 1.49. The average Bonchev–Trinajstić information content (AvgIpc) is 2.31. The third kappa shape index (κ3) is 4.06. The number of carboxylic acids is 1. The van der Waals surface area contributed by atoms with Gasteiger partial charge in [0.05, 0.1) is 17.8 Å². The van der Waals surface area contributed by atoms with E-state index in [1.807, 2.05) is 0 Å². The predicted molar refractivity (Wildman–Crippen MR) is 73.0 cm³/mol. The van der Waals surface area contributed by atoms with Crippen LogP contribution in [0.3, 0.4) is 0 Å². The fraction of sp³-hybridized carbons (Fsp3) is 0.250. The lowest BCUT2D eigenvalue weighted by molar-refractivity contribution is -0.131. The highest BCUT2D eigenvalue weighted by Gasteiger charge is 2.16. The van der Waals surface area contributed by atoms with E-state index in [1.54, 1.807) is 12.1 Å². The third-order valence-electron chi connectivity index (χ3n) is 2.43. The molecule has 0 bridgehead atoms. The normalized spacial score (nSPS) is 9.84. The number of likely N-dealkylation sites (N-methyl/N-ethyl adjacent to an activating group) is 1. The molecule has 1 aromatic carbocycles. The molecule has 0 saturated heterocycles. The molecular weight excluding hydrogens is 316 g/mol. The van der Waals surface area contributed by atoms with Crippen LogP contribution in [0.2, 0.25) is 0 Å². The number of hydrogen-bond donors (Lipinski definition) is 2. The van der Waals surface area contributed by atoms with Gasteiger partial charge >= 0.3 is 5.97 Å². The number of halogens is 1. The number of aromatic carboxylic acids is 1. The maximum atomic E-state index is 11.7. The van der Waals surface area contributed by atoms with Gasteiger partial charge in [-0.1, -0.05) is 6.07 Å². The van der Waals surface area contributed by atoms with E-state index < -0.39 is 11.9 Å². The number of carbonyl (C=O) groups is 3. The molecule has 0 aliphatic heterocycles. The Hall–Kier alpha value is -1.89. The Morgan fingerprint density at radius 2 is 2.00 bits per heavy atom. The molecular formula is C12H13BrN2O4. The van der Waals surface area contributed by atoms with Gasteiger partial charge in [-0.2, -0.15) is 0 Å². The number of nitrogens with zero attached hydrogens (tertiary/aromatic N) is 1. The van der Waals surface area contributed by atoms with E-state index in [1.165, 1.54) is 24.9 Å². The first-order chi connectivity index (χ1) is 8.82. The molecule has 0 spiro atoms. The Morgan fingerprint density at radius 3 is 2.53 bits per heavy atom. The van der Waals surface area contributed by atoms with Gasteiger partial charge < -0.3 is 15.3 Å². The molecule has 0 radical (unpaired) electrons. The Labute approximate surface area is 118 Å². The van der Waals surface area contributed by atoms with Crippen molar-refractivity contribution in [3.05, 3.63) is 28.2 Å². The van der Waals surface area contributed by atoms with Gasteiger partial charge in [-0.15, -0.1) is 0 Å². The minimum atomic E-state index is -1.14. The van der Waals surface area contributed by atoms with E-state index in [9.17, 15) is 14.4 Å². The summed E-state index contributed by atoms with van der Waals surface area (Å²) in [6.07, 6.45) is 0. The Morgan fingerprint density at radius 1 is 1.37 bits per heavy atom. The molecule has 1 aromatic rings. The van der Waals surface area contributed by atoms with Crippen molar-refractivity contribution in [1.29, 1.82) is 0 Å². The summed E-state index contributed by atoms with van der Waals surface area (Å²) in [5.74, 6) is -1.86. The molecule has 0 aliphatic rings. The van der Waals surface area contributed by atoms with Crippen LogP contribution in [-0.2, 0) is 9.59 Å². The van der Waals surface area contributed by atoms with Crippen LogP contribution in [0, 0.1) is 0 Å². The van der Waals surface area contributed by atoms with Crippen molar-refractivity contribution in [3.8, 4) is 0 Å². The fourth-order valence-corrected chi connectivity index (χ4v) is 1.80. The second kappa shape index (κ2) is 6.33. The van der Waals surface area contributed by atoms with Gasteiger partial charge in [0.25, 0.3) is 0 Å². The van der Waals surface area contributed by atoms with Crippen LogP contribution in [0.4, 0.5) is 5.69 Å². The molecule has 0 aromatic heterocycles. The van der Waals surface area contributed by atoms with Crippen LogP contribution in [-0.4, -0.2) is 41.4 Å². The van der Waals surface area contributed by atoms with Crippen LogP contribution in [0.25, 0.3) is 0 Å². The lowest BCUT2D eigenvalue weighted by atomic mass is 10.2. The molecule has 6 nitrogen and oxygen atoms in total. The van der Waals surface area contributed by atoms with Gasteiger partial charge in [-0.05, 0) is 28.1 Å². The highest BCUT2D eigenvalue weighted by atomic mass is 79.9. The van der Waals surface area contributed by atoms with Gasteiger partial charge in [0, 0.05) is 18.4 Å². The van der Waals surface area contributed by atoms with Crippen molar-refractivity contribution in [3.63, 3.8) is 0 Å². The predicted octanol–water partition coefficient (Wildman–Crippen LogP) is 1.56. The molecule has 0 atom stereocenters. The second-order valence-electron chi connectivity index (χ2n) is 3.89. The van der Waals surface area contributed by atoms with E-state index in [4.69, 9.17) is 5.11 Å². The minimum Gasteiger partial charge on any atom is -0.478 e. The first-order valence-electron chi connectivity index (χ1n) is 5.36. The molecule has 0 saturated carbocycles. The summed E-state index contributed by atoms with van der Waals surface area (Å²) in [6, 6.07) is 4.57. The van der Waals surface area contributed by atoms with Gasteiger partial charge in [0.15, 0.2) is 0 Å². The van der Waals surface area contributed by atoms with Gasteiger partial charge in [0.2, 0.25) is 11.8 Å². The van der Waals surface area contributed by atoms with E-state index in [-0.39, 0.29) is 23.7 Å². The summed E-state index contributed by atoms with van der Waals surface area (Å²) in [5.41, 5.74) is 0.158. The first kappa shape index (κ1) is 15.2. The Bertz CT molecular complexity index is 530. The second-order valence-corrected chi connectivity index (χ2v) is 4.75. The lowest BCUT2D eigenvalue weighted by Gasteiger charge is -2.15. The number of rotatable bonds is 4. The molecule has 102 valence electrons. The molecule has 2 amide bonds. The van der Waals surface area contributed by atoms with Crippen molar-refractivity contribution < 1.29 is 19.5 Å². The van der Waals surface area contributed by atoms with Crippen LogP contribution in [0.15, 0.2) is 22.7 Å². The number of nitrogens with one attached hydrogen (secondary N) is 1. The van der Waals surface area contributed by atoms with Crippen molar-refractivity contribution in [2.45, 2.75) is 6.92 Å². The zero-order valence-corrected chi connectivity index (χ0v) is 12.0. The van der Waals surface area contributed by atoms with Gasteiger partial charge in [-0.25, -0.2) is 4.79 Å². The van der Waals surface area contributed by atoms with E-state index in [0.29, 0.717) is 4.47 Å². The van der Waals surface area contributed by atoms with E-state index in [2.05, 4.69) is 21.2 Å². The van der Waals surface area contributed by atoms with Crippen LogP contribution < -0.4 is 5.32 Å². The van der Waals surface area contributed by atoms with Crippen molar-refractivity contribution in [2.75, 3.05) is 18.9 Å². The van der Waals surface area contributed by atoms with Gasteiger partial charge in [0.1, 0.15) is 0 Å². The molecule has 7 heteroatoms. The molecule has 0 fully saturated rings. The topological polar surface area (TPSA) is 86.7 Å². The molecule has 0 heterocycles. The zero-order chi connectivity index (χ0) is 14.6. The SMILES string of the molecule is CC(=O)N(C)CC(=O)Nc1c(Br)cccc1C(=O)O. The van der Waals surface area contributed by atoms with E-state index >= 15 is 0 Å². The van der Waals surface area contributed by atoms with Crippen molar-refractivity contribution >= 4 is 39.4 Å². The first-order valence-corrected chi connectivity index (χ1v) is 6.15. The number of amides is 2. The summed E-state index contributed by atoms with van der Waals surface area (Å²) < 4.78 is 0.464. The van der Waals surface area contributed by atoms with Crippen LogP contribution >= 0.6 is 15.9 Å². The zero-order valence-electron chi connectivity index (χ0n) is 10.4. The molecule has 0 unspecified atom stereocenters. The molecule has 0 aliphatic carbocycles. The summed E-state index contributed by atoms with van der Waals surface area (Å²) in [4.78, 5) is 35.0.